The standard InChI is InChI=1S/C28H20FNO/c29-24-16-14-21(15-17-24)27(30-26-11-5-9-20-7-3-4-10-25(20)26)28(31)23-13-12-19-6-1-2-8-22(19)18-23/h1-18,27,30H/t27-/m0/s1. The lowest BCUT2D eigenvalue weighted by molar-refractivity contribution is 0.0969. The Hall–Kier alpha value is -3.98. The third-order valence-corrected chi connectivity index (χ3v) is 5.59. The normalized spacial score (nSPS) is 12.0. The van der Waals surface area contributed by atoms with Crippen LogP contribution < -0.4 is 5.32 Å². The van der Waals surface area contributed by atoms with Crippen molar-refractivity contribution in [3.05, 3.63) is 126 Å². The summed E-state index contributed by atoms with van der Waals surface area (Å²) in [5.41, 5.74) is 2.19. The lowest BCUT2D eigenvalue weighted by Gasteiger charge is -2.21. The number of anilines is 1. The molecule has 5 aromatic rings. The zero-order valence-corrected chi connectivity index (χ0v) is 16.8. The number of hydrogen-bond acceptors (Lipinski definition) is 2. The van der Waals surface area contributed by atoms with Gasteiger partial charge < -0.3 is 5.32 Å². The summed E-state index contributed by atoms with van der Waals surface area (Å²) in [6.07, 6.45) is 0. The fourth-order valence-electron chi connectivity index (χ4n) is 3.97. The van der Waals surface area contributed by atoms with Gasteiger partial charge in [0.2, 0.25) is 0 Å². The van der Waals surface area contributed by atoms with Gasteiger partial charge in [-0.2, -0.15) is 0 Å². The summed E-state index contributed by atoms with van der Waals surface area (Å²) in [5, 5.41) is 7.64. The van der Waals surface area contributed by atoms with Crippen LogP contribution >= 0.6 is 0 Å². The molecule has 1 atom stereocenters. The molecule has 0 aromatic heterocycles. The molecule has 0 amide bonds. The van der Waals surface area contributed by atoms with Gasteiger partial charge in [0.05, 0.1) is 0 Å². The zero-order chi connectivity index (χ0) is 21.2. The Labute approximate surface area is 180 Å². The summed E-state index contributed by atoms with van der Waals surface area (Å²) in [7, 11) is 0. The Morgan fingerprint density at radius 3 is 2.16 bits per heavy atom. The molecule has 0 saturated carbocycles. The first-order valence-electron chi connectivity index (χ1n) is 10.2. The van der Waals surface area contributed by atoms with Crippen molar-refractivity contribution in [2.75, 3.05) is 5.32 Å². The number of halogens is 1. The van der Waals surface area contributed by atoms with Crippen LogP contribution in [0, 0.1) is 5.82 Å². The number of carbonyl (C=O) groups excluding carboxylic acids is 1. The van der Waals surface area contributed by atoms with Gasteiger partial charge in [0.25, 0.3) is 0 Å². The van der Waals surface area contributed by atoms with E-state index in [2.05, 4.69) is 5.32 Å². The van der Waals surface area contributed by atoms with Crippen LogP contribution in [-0.4, -0.2) is 5.78 Å². The van der Waals surface area contributed by atoms with Gasteiger partial charge in [-0.3, -0.25) is 4.79 Å². The van der Waals surface area contributed by atoms with Crippen molar-refractivity contribution in [1.82, 2.24) is 0 Å². The molecule has 0 radical (unpaired) electrons. The van der Waals surface area contributed by atoms with E-state index in [4.69, 9.17) is 0 Å². The quantitative estimate of drug-likeness (QED) is 0.314. The van der Waals surface area contributed by atoms with E-state index in [1.54, 1.807) is 12.1 Å². The molecule has 0 heterocycles. The number of ketones is 1. The molecular formula is C28H20FNO. The number of carbonyl (C=O) groups is 1. The van der Waals surface area contributed by atoms with Crippen molar-refractivity contribution in [3.8, 4) is 0 Å². The maximum atomic E-state index is 13.7. The third-order valence-electron chi connectivity index (χ3n) is 5.59. The molecule has 31 heavy (non-hydrogen) atoms. The van der Waals surface area contributed by atoms with Gasteiger partial charge in [-0.15, -0.1) is 0 Å². The van der Waals surface area contributed by atoms with Crippen LogP contribution in [0.15, 0.2) is 109 Å². The summed E-state index contributed by atoms with van der Waals surface area (Å²) < 4.78 is 13.6. The molecule has 0 aliphatic rings. The van der Waals surface area contributed by atoms with Crippen molar-refractivity contribution >= 4 is 33.0 Å². The van der Waals surface area contributed by atoms with Crippen molar-refractivity contribution in [2.45, 2.75) is 6.04 Å². The summed E-state index contributed by atoms with van der Waals surface area (Å²) >= 11 is 0. The highest BCUT2D eigenvalue weighted by atomic mass is 19.1. The van der Waals surface area contributed by atoms with Gasteiger partial charge >= 0.3 is 0 Å². The second-order valence-electron chi connectivity index (χ2n) is 7.58. The molecule has 0 unspecified atom stereocenters. The zero-order valence-electron chi connectivity index (χ0n) is 16.8. The first-order valence-corrected chi connectivity index (χ1v) is 10.2. The third kappa shape index (κ3) is 3.78. The molecule has 0 aliphatic heterocycles. The molecule has 0 spiro atoms. The highest BCUT2D eigenvalue weighted by molar-refractivity contribution is 6.06. The molecule has 0 saturated heterocycles. The lowest BCUT2D eigenvalue weighted by atomic mass is 9.95. The fraction of sp³-hybridized carbons (Fsp3) is 0.0357. The Balaban J connectivity index is 1.59. The average Bonchev–Trinajstić information content (AvgIpc) is 2.82. The Kier molecular flexibility index (Phi) is 4.93. The number of benzene rings is 5. The predicted molar refractivity (Wildman–Crippen MR) is 125 cm³/mol. The molecule has 2 nitrogen and oxygen atoms in total. The van der Waals surface area contributed by atoms with E-state index in [-0.39, 0.29) is 11.6 Å². The van der Waals surface area contributed by atoms with Crippen LogP contribution in [0.3, 0.4) is 0 Å². The second kappa shape index (κ2) is 8.04. The van der Waals surface area contributed by atoms with E-state index in [0.29, 0.717) is 11.1 Å². The van der Waals surface area contributed by atoms with Crippen LogP contribution in [0.1, 0.15) is 22.0 Å². The molecule has 5 aromatic carbocycles. The van der Waals surface area contributed by atoms with E-state index in [9.17, 15) is 9.18 Å². The topological polar surface area (TPSA) is 29.1 Å². The monoisotopic (exact) mass is 405 g/mol. The number of rotatable bonds is 5. The summed E-state index contributed by atoms with van der Waals surface area (Å²) in [6, 6.07) is 33.2. The van der Waals surface area contributed by atoms with E-state index in [0.717, 1.165) is 27.2 Å². The molecule has 150 valence electrons. The minimum Gasteiger partial charge on any atom is -0.371 e. The summed E-state index contributed by atoms with van der Waals surface area (Å²) in [4.78, 5) is 13.7. The minimum absolute atomic E-state index is 0.0645. The van der Waals surface area contributed by atoms with E-state index in [1.807, 2.05) is 84.9 Å². The maximum Gasteiger partial charge on any atom is 0.189 e. The van der Waals surface area contributed by atoms with Crippen molar-refractivity contribution < 1.29 is 9.18 Å². The molecule has 1 N–H and O–H groups in total. The largest absolute Gasteiger partial charge is 0.371 e. The van der Waals surface area contributed by atoms with Crippen molar-refractivity contribution in [2.24, 2.45) is 0 Å². The Bertz CT molecular complexity index is 1390. The summed E-state index contributed by atoms with van der Waals surface area (Å²) in [5.74, 6) is -0.392. The number of Topliss-reactive ketones (excluding diaryl/α,β-unsaturated/α-hetero) is 1. The summed E-state index contributed by atoms with van der Waals surface area (Å²) in [6.45, 7) is 0. The van der Waals surface area contributed by atoms with Gasteiger partial charge in [-0.25, -0.2) is 4.39 Å². The predicted octanol–water partition coefficient (Wildman–Crippen LogP) is 7.17. The van der Waals surface area contributed by atoms with Crippen molar-refractivity contribution in [3.63, 3.8) is 0 Å². The van der Waals surface area contributed by atoms with E-state index >= 15 is 0 Å². The highest BCUT2D eigenvalue weighted by Crippen LogP contribution is 2.30. The number of hydrogen-bond donors (Lipinski definition) is 1. The number of nitrogens with one attached hydrogen (secondary N) is 1. The van der Waals surface area contributed by atoms with Gasteiger partial charge in [0, 0.05) is 16.6 Å². The molecular weight excluding hydrogens is 385 g/mol. The maximum absolute atomic E-state index is 13.7. The molecule has 0 aliphatic carbocycles. The number of fused-ring (bicyclic) bond motifs is 2. The van der Waals surface area contributed by atoms with Gasteiger partial charge in [-0.1, -0.05) is 84.9 Å². The van der Waals surface area contributed by atoms with Crippen molar-refractivity contribution in [1.29, 1.82) is 0 Å². The van der Waals surface area contributed by atoms with Crippen LogP contribution in [-0.2, 0) is 0 Å². The first kappa shape index (κ1) is 19.0. The van der Waals surface area contributed by atoms with Gasteiger partial charge in [0.1, 0.15) is 11.9 Å². The van der Waals surface area contributed by atoms with Crippen LogP contribution in [0.2, 0.25) is 0 Å². The SMILES string of the molecule is O=C(c1ccc2ccccc2c1)[C@@H](Nc1cccc2ccccc12)c1ccc(F)cc1. The molecule has 0 bridgehead atoms. The van der Waals surface area contributed by atoms with Gasteiger partial charge in [-0.05, 0) is 46.0 Å². The van der Waals surface area contributed by atoms with E-state index in [1.165, 1.54) is 12.1 Å². The minimum atomic E-state index is -0.646. The second-order valence-corrected chi connectivity index (χ2v) is 7.58. The lowest BCUT2D eigenvalue weighted by Crippen LogP contribution is -2.21. The fourth-order valence-corrected chi connectivity index (χ4v) is 3.97. The van der Waals surface area contributed by atoms with Gasteiger partial charge in [0.15, 0.2) is 5.78 Å². The van der Waals surface area contributed by atoms with Crippen LogP contribution in [0.4, 0.5) is 10.1 Å². The molecule has 5 rings (SSSR count). The van der Waals surface area contributed by atoms with Crippen LogP contribution in [0.5, 0.6) is 0 Å². The molecule has 3 heteroatoms. The smallest absolute Gasteiger partial charge is 0.189 e. The average molecular weight is 405 g/mol. The van der Waals surface area contributed by atoms with E-state index < -0.39 is 6.04 Å². The molecule has 0 fully saturated rings. The first-order chi connectivity index (χ1) is 15.2. The highest BCUT2D eigenvalue weighted by Gasteiger charge is 2.23. The Morgan fingerprint density at radius 2 is 1.35 bits per heavy atom. The van der Waals surface area contributed by atoms with Crippen LogP contribution in [0.25, 0.3) is 21.5 Å². The Morgan fingerprint density at radius 1 is 0.677 bits per heavy atom.